The number of aromatic nitrogens is 3. The van der Waals surface area contributed by atoms with Crippen LogP contribution in [0.2, 0.25) is 0 Å². The van der Waals surface area contributed by atoms with Crippen molar-refractivity contribution in [3.8, 4) is 17.1 Å². The standard InChI is InChI=1S/C22H26N4OS/c1-15(2)17(4)23-20(27)14-28-22-25-24-21(18-12-10-16(3)11-13-18)26(22)19-8-6-5-7-9-19/h5-13,15,17H,14H2,1-4H3,(H,23,27). The van der Waals surface area contributed by atoms with Gasteiger partial charge in [0.05, 0.1) is 5.75 Å². The van der Waals surface area contributed by atoms with Crippen LogP contribution in [0.3, 0.4) is 0 Å². The first kappa shape index (κ1) is 20.1. The number of nitrogens with one attached hydrogen (secondary N) is 1. The van der Waals surface area contributed by atoms with Crippen molar-refractivity contribution in [3.05, 3.63) is 60.2 Å². The number of amides is 1. The molecule has 0 bridgehead atoms. The van der Waals surface area contributed by atoms with Crippen LogP contribution in [0, 0.1) is 12.8 Å². The molecule has 1 atom stereocenters. The van der Waals surface area contributed by atoms with Crippen LogP contribution < -0.4 is 5.32 Å². The third-order valence-corrected chi connectivity index (χ3v) is 5.61. The van der Waals surface area contributed by atoms with Crippen LogP contribution in [0.4, 0.5) is 0 Å². The molecule has 5 nitrogen and oxygen atoms in total. The minimum Gasteiger partial charge on any atom is -0.353 e. The van der Waals surface area contributed by atoms with Crippen molar-refractivity contribution in [1.82, 2.24) is 20.1 Å². The summed E-state index contributed by atoms with van der Waals surface area (Å²) in [5.41, 5.74) is 3.16. The van der Waals surface area contributed by atoms with Crippen molar-refractivity contribution in [2.45, 2.75) is 38.9 Å². The molecular formula is C22H26N4OS. The molecule has 146 valence electrons. The highest BCUT2D eigenvalue weighted by molar-refractivity contribution is 7.99. The van der Waals surface area contributed by atoms with Gasteiger partial charge in [-0.3, -0.25) is 9.36 Å². The number of carbonyl (C=O) groups is 1. The normalized spacial score (nSPS) is 12.2. The molecular weight excluding hydrogens is 368 g/mol. The number of para-hydroxylation sites is 1. The highest BCUT2D eigenvalue weighted by Crippen LogP contribution is 2.28. The van der Waals surface area contributed by atoms with Crippen LogP contribution >= 0.6 is 11.8 Å². The first-order valence-electron chi connectivity index (χ1n) is 9.45. The summed E-state index contributed by atoms with van der Waals surface area (Å²) in [6, 6.07) is 18.3. The topological polar surface area (TPSA) is 59.8 Å². The Balaban J connectivity index is 1.87. The van der Waals surface area contributed by atoms with E-state index in [1.54, 1.807) is 0 Å². The Morgan fingerprint density at radius 3 is 2.36 bits per heavy atom. The van der Waals surface area contributed by atoms with Gasteiger partial charge in [-0.15, -0.1) is 10.2 Å². The summed E-state index contributed by atoms with van der Waals surface area (Å²) in [5, 5.41) is 12.5. The largest absolute Gasteiger partial charge is 0.353 e. The van der Waals surface area contributed by atoms with E-state index in [9.17, 15) is 4.79 Å². The number of aryl methyl sites for hydroxylation is 1. The summed E-state index contributed by atoms with van der Waals surface area (Å²) >= 11 is 1.40. The van der Waals surface area contributed by atoms with Gasteiger partial charge < -0.3 is 5.32 Å². The zero-order valence-electron chi connectivity index (χ0n) is 16.7. The van der Waals surface area contributed by atoms with Crippen molar-refractivity contribution < 1.29 is 4.79 Å². The molecule has 28 heavy (non-hydrogen) atoms. The van der Waals surface area contributed by atoms with Crippen molar-refractivity contribution in [1.29, 1.82) is 0 Å². The molecule has 1 amide bonds. The van der Waals surface area contributed by atoms with Crippen LogP contribution in [0.5, 0.6) is 0 Å². The van der Waals surface area contributed by atoms with Crippen LogP contribution in [-0.4, -0.2) is 32.5 Å². The number of carbonyl (C=O) groups excluding carboxylic acids is 1. The van der Waals surface area contributed by atoms with Gasteiger partial charge in [-0.25, -0.2) is 0 Å². The molecule has 1 heterocycles. The van der Waals surface area contributed by atoms with Crippen molar-refractivity contribution in [3.63, 3.8) is 0 Å². The lowest BCUT2D eigenvalue weighted by Gasteiger charge is -2.17. The number of nitrogens with zero attached hydrogens (tertiary/aromatic N) is 3. The van der Waals surface area contributed by atoms with Crippen molar-refractivity contribution in [2.24, 2.45) is 5.92 Å². The average Bonchev–Trinajstić information content (AvgIpc) is 3.11. The van der Waals surface area contributed by atoms with Crippen LogP contribution in [0.25, 0.3) is 17.1 Å². The number of benzene rings is 2. The summed E-state index contributed by atoms with van der Waals surface area (Å²) in [6.07, 6.45) is 0. The lowest BCUT2D eigenvalue weighted by Crippen LogP contribution is -2.37. The van der Waals surface area contributed by atoms with E-state index in [1.807, 2.05) is 54.0 Å². The highest BCUT2D eigenvalue weighted by atomic mass is 32.2. The Labute approximate surface area is 170 Å². The number of thioether (sulfide) groups is 1. The summed E-state index contributed by atoms with van der Waals surface area (Å²) < 4.78 is 2.01. The molecule has 1 N–H and O–H groups in total. The Bertz CT molecular complexity index is 919. The van der Waals surface area contributed by atoms with Gasteiger partial charge in [-0.2, -0.15) is 0 Å². The number of hydrogen-bond acceptors (Lipinski definition) is 4. The molecule has 1 aromatic heterocycles. The molecule has 0 spiro atoms. The smallest absolute Gasteiger partial charge is 0.230 e. The van der Waals surface area contributed by atoms with Crippen LogP contribution in [-0.2, 0) is 4.79 Å². The van der Waals surface area contributed by atoms with E-state index < -0.39 is 0 Å². The van der Waals surface area contributed by atoms with Crippen molar-refractivity contribution in [2.75, 3.05) is 5.75 Å². The summed E-state index contributed by atoms with van der Waals surface area (Å²) in [4.78, 5) is 12.3. The van der Waals surface area contributed by atoms with Gasteiger partial charge in [0.2, 0.25) is 5.91 Å². The lowest BCUT2D eigenvalue weighted by molar-refractivity contribution is -0.119. The van der Waals surface area contributed by atoms with E-state index in [0.29, 0.717) is 16.8 Å². The van der Waals surface area contributed by atoms with Gasteiger partial charge in [0, 0.05) is 17.3 Å². The van der Waals surface area contributed by atoms with E-state index in [0.717, 1.165) is 17.1 Å². The van der Waals surface area contributed by atoms with Crippen LogP contribution in [0.1, 0.15) is 26.3 Å². The zero-order chi connectivity index (χ0) is 20.1. The first-order chi connectivity index (χ1) is 13.5. The van der Waals surface area contributed by atoms with Gasteiger partial charge in [0.1, 0.15) is 0 Å². The summed E-state index contributed by atoms with van der Waals surface area (Å²) in [5.74, 6) is 1.47. The maximum atomic E-state index is 12.3. The molecule has 3 rings (SSSR count). The van der Waals surface area contributed by atoms with Gasteiger partial charge in [0.25, 0.3) is 0 Å². The van der Waals surface area contributed by atoms with Crippen molar-refractivity contribution >= 4 is 17.7 Å². The van der Waals surface area contributed by atoms with Gasteiger partial charge in [0.15, 0.2) is 11.0 Å². The fraction of sp³-hybridized carbons (Fsp3) is 0.318. The molecule has 0 saturated carbocycles. The number of rotatable bonds is 7. The van der Waals surface area contributed by atoms with Gasteiger partial charge in [-0.1, -0.05) is 73.6 Å². The second-order valence-corrected chi connectivity index (χ2v) is 8.17. The van der Waals surface area contributed by atoms with E-state index >= 15 is 0 Å². The average molecular weight is 395 g/mol. The third kappa shape index (κ3) is 4.81. The fourth-order valence-electron chi connectivity index (χ4n) is 2.66. The lowest BCUT2D eigenvalue weighted by atomic mass is 10.1. The molecule has 0 saturated heterocycles. The second-order valence-electron chi connectivity index (χ2n) is 7.23. The van der Waals surface area contributed by atoms with E-state index in [-0.39, 0.29) is 11.9 Å². The predicted molar refractivity (Wildman–Crippen MR) is 115 cm³/mol. The minimum atomic E-state index is 0.00528. The molecule has 3 aromatic rings. The Morgan fingerprint density at radius 2 is 1.71 bits per heavy atom. The summed E-state index contributed by atoms with van der Waals surface area (Å²) in [6.45, 7) is 8.27. The minimum absolute atomic E-state index is 0.00528. The van der Waals surface area contributed by atoms with Crippen LogP contribution in [0.15, 0.2) is 59.8 Å². The molecule has 0 radical (unpaired) electrons. The maximum absolute atomic E-state index is 12.3. The highest BCUT2D eigenvalue weighted by Gasteiger charge is 2.18. The van der Waals surface area contributed by atoms with E-state index in [1.165, 1.54) is 17.3 Å². The quantitative estimate of drug-likeness (QED) is 0.600. The predicted octanol–water partition coefficient (Wildman–Crippen LogP) is 4.50. The fourth-order valence-corrected chi connectivity index (χ4v) is 3.42. The SMILES string of the molecule is Cc1ccc(-c2nnc(SCC(=O)NC(C)C(C)C)n2-c2ccccc2)cc1. The Morgan fingerprint density at radius 1 is 1.04 bits per heavy atom. The molecule has 6 heteroatoms. The molecule has 1 unspecified atom stereocenters. The molecule has 2 aromatic carbocycles. The number of hydrogen-bond donors (Lipinski definition) is 1. The summed E-state index contributed by atoms with van der Waals surface area (Å²) in [7, 11) is 0. The third-order valence-electron chi connectivity index (χ3n) is 4.68. The van der Waals surface area contributed by atoms with Gasteiger partial charge >= 0.3 is 0 Å². The Kier molecular flexibility index (Phi) is 6.52. The molecule has 0 fully saturated rings. The zero-order valence-corrected chi connectivity index (χ0v) is 17.5. The second kappa shape index (κ2) is 9.06. The molecule has 0 aliphatic carbocycles. The maximum Gasteiger partial charge on any atom is 0.230 e. The van der Waals surface area contributed by atoms with E-state index in [2.05, 4.69) is 48.4 Å². The van der Waals surface area contributed by atoms with Gasteiger partial charge in [-0.05, 0) is 31.9 Å². The van der Waals surface area contributed by atoms with E-state index in [4.69, 9.17) is 0 Å². The molecule has 0 aliphatic rings. The monoisotopic (exact) mass is 394 g/mol. The first-order valence-corrected chi connectivity index (χ1v) is 10.4. The molecule has 0 aliphatic heterocycles. The Hall–Kier alpha value is -2.60.